The molecule has 5 heterocycles. The Morgan fingerprint density at radius 2 is 2.02 bits per heavy atom. The molecule has 6 rings (SSSR count). The van der Waals surface area contributed by atoms with Crippen LogP contribution in [0.2, 0.25) is 0 Å². The zero-order valence-corrected chi connectivity index (χ0v) is 22.7. The maximum absolute atomic E-state index is 13.8. The first-order valence-corrected chi connectivity index (χ1v) is 14.3. The first kappa shape index (κ1) is 27.5. The molecule has 1 aromatic rings. The van der Waals surface area contributed by atoms with Gasteiger partial charge in [-0.2, -0.15) is 13.2 Å². The number of ether oxygens (including phenoxy) is 2. The number of hydrogen-bond acceptors (Lipinski definition) is 7. The molecule has 0 aromatic carbocycles. The topological polar surface area (TPSA) is 53.1 Å². The van der Waals surface area contributed by atoms with E-state index in [1.807, 2.05) is 24.1 Å². The highest BCUT2D eigenvalue weighted by atomic mass is 19.4. The van der Waals surface area contributed by atoms with Crippen LogP contribution in [-0.4, -0.2) is 84.3 Å². The predicted octanol–water partition coefficient (Wildman–Crippen LogP) is 4.73. The van der Waals surface area contributed by atoms with Crippen LogP contribution in [0.15, 0.2) is 53.5 Å². The molecule has 2 unspecified atom stereocenters. The van der Waals surface area contributed by atoms with Crippen LogP contribution in [0, 0.1) is 11.8 Å². The molecule has 5 aliphatic rings. The summed E-state index contributed by atoms with van der Waals surface area (Å²) in [6.07, 6.45) is 6.92. The van der Waals surface area contributed by atoms with Crippen molar-refractivity contribution in [3.05, 3.63) is 59.2 Å². The van der Waals surface area contributed by atoms with Crippen molar-refractivity contribution in [2.24, 2.45) is 11.8 Å². The maximum atomic E-state index is 13.8. The summed E-state index contributed by atoms with van der Waals surface area (Å²) in [6, 6.07) is 2.65. The molecule has 0 radical (unpaired) electrons. The first-order valence-electron chi connectivity index (χ1n) is 14.3. The monoisotopic (exact) mass is 563 g/mol. The number of fused-ring (bicyclic) bond motifs is 3. The van der Waals surface area contributed by atoms with E-state index in [4.69, 9.17) is 9.47 Å². The number of hydrazine groups is 1. The Hall–Kier alpha value is -2.63. The van der Waals surface area contributed by atoms with Crippen LogP contribution in [-0.2, 0) is 4.74 Å². The molecule has 3 saturated heterocycles. The van der Waals surface area contributed by atoms with Gasteiger partial charge in [0.05, 0.1) is 36.8 Å². The van der Waals surface area contributed by atoms with Crippen LogP contribution in [0.25, 0.3) is 0 Å². The Kier molecular flexibility index (Phi) is 7.80. The zero-order valence-electron chi connectivity index (χ0n) is 22.7. The van der Waals surface area contributed by atoms with Gasteiger partial charge in [0.2, 0.25) is 0 Å². The molecule has 0 bridgehead atoms. The van der Waals surface area contributed by atoms with Gasteiger partial charge in [0.25, 0.3) is 0 Å². The van der Waals surface area contributed by atoms with Gasteiger partial charge in [-0.05, 0) is 56.4 Å². The standard InChI is InChI=1S/C29H37F4N5O2/c1-19-12-23-22(6-8-25-24(23)17-38(35-25)27-4-2-3-10-40-27)28(37(19)18-29(31,32)33)26-7-5-21(14-34-26)39-11-9-36-15-20(13-30)16-36/h5-8,14,17,19-20,23,27-28,35H,2-4,9-13,15-16,18H2,1H3/t19-,23?,27?,28+/m1/s1. The Balaban J connectivity index is 1.21. The highest BCUT2D eigenvalue weighted by Crippen LogP contribution is 2.49. The van der Waals surface area contributed by atoms with Gasteiger partial charge in [0.1, 0.15) is 18.6 Å². The average Bonchev–Trinajstić information content (AvgIpc) is 3.36. The van der Waals surface area contributed by atoms with E-state index in [1.54, 1.807) is 18.3 Å². The second kappa shape index (κ2) is 11.3. The van der Waals surface area contributed by atoms with Gasteiger partial charge in [0, 0.05) is 55.9 Å². The molecule has 7 nitrogen and oxygen atoms in total. The summed E-state index contributed by atoms with van der Waals surface area (Å²) in [5.74, 6) is 0.675. The van der Waals surface area contributed by atoms with Crippen LogP contribution in [0.1, 0.15) is 44.3 Å². The maximum Gasteiger partial charge on any atom is 0.401 e. The second-order valence-corrected chi connectivity index (χ2v) is 11.5. The number of nitrogens with zero attached hydrogens (tertiary/aromatic N) is 4. The number of pyridine rings is 1. The van der Waals surface area contributed by atoms with E-state index in [-0.39, 0.29) is 30.8 Å². The lowest BCUT2D eigenvalue weighted by atomic mass is 9.73. The summed E-state index contributed by atoms with van der Waals surface area (Å²) >= 11 is 0. The molecule has 1 N–H and O–H groups in total. The summed E-state index contributed by atoms with van der Waals surface area (Å²) in [6.45, 7) is 3.95. The highest BCUT2D eigenvalue weighted by Gasteiger charge is 2.47. The van der Waals surface area contributed by atoms with E-state index >= 15 is 0 Å². The lowest BCUT2D eigenvalue weighted by molar-refractivity contribution is -0.158. The predicted molar refractivity (Wildman–Crippen MR) is 142 cm³/mol. The van der Waals surface area contributed by atoms with Gasteiger partial charge >= 0.3 is 6.18 Å². The van der Waals surface area contributed by atoms with E-state index < -0.39 is 18.8 Å². The summed E-state index contributed by atoms with van der Waals surface area (Å²) in [7, 11) is 0. The Morgan fingerprint density at radius 1 is 1.18 bits per heavy atom. The molecule has 4 atom stereocenters. The Morgan fingerprint density at radius 3 is 2.73 bits per heavy atom. The van der Waals surface area contributed by atoms with E-state index in [0.717, 1.165) is 55.8 Å². The van der Waals surface area contributed by atoms with Crippen molar-refractivity contribution in [2.75, 3.05) is 46.1 Å². The minimum absolute atomic E-state index is 0.0204. The number of likely N-dealkylation sites (tertiary alicyclic amines) is 2. The molecule has 218 valence electrons. The average molecular weight is 564 g/mol. The number of hydrogen-bond donors (Lipinski definition) is 1. The van der Waals surface area contributed by atoms with Gasteiger partial charge in [0.15, 0.2) is 0 Å². The third-order valence-corrected chi connectivity index (χ3v) is 8.64. The number of piperidine rings is 1. The molecule has 1 aliphatic carbocycles. The molecule has 11 heteroatoms. The number of aromatic nitrogens is 1. The SMILES string of the molecule is C[C@@H]1CC2C3=CN(C4CCCCO4)NC3=CC=C2[C@@H](c2ccc(OCCN3CC(CF)C3)cn2)N1CC(F)(F)F. The van der Waals surface area contributed by atoms with E-state index in [9.17, 15) is 17.6 Å². The molecule has 0 saturated carbocycles. The van der Waals surface area contributed by atoms with Crippen molar-refractivity contribution in [3.63, 3.8) is 0 Å². The fourth-order valence-corrected chi connectivity index (χ4v) is 6.59. The van der Waals surface area contributed by atoms with Crippen molar-refractivity contribution >= 4 is 0 Å². The largest absolute Gasteiger partial charge is 0.491 e. The molecule has 0 amide bonds. The lowest BCUT2D eigenvalue weighted by Crippen LogP contribution is -2.49. The smallest absolute Gasteiger partial charge is 0.401 e. The third kappa shape index (κ3) is 5.73. The van der Waals surface area contributed by atoms with Crippen LogP contribution >= 0.6 is 0 Å². The van der Waals surface area contributed by atoms with Crippen molar-refractivity contribution in [3.8, 4) is 5.75 Å². The Labute approximate surface area is 232 Å². The first-order chi connectivity index (χ1) is 19.3. The van der Waals surface area contributed by atoms with E-state index in [2.05, 4.69) is 21.5 Å². The van der Waals surface area contributed by atoms with Crippen molar-refractivity contribution in [1.82, 2.24) is 25.2 Å². The molecular formula is C29H37F4N5O2. The Bertz CT molecular complexity index is 1140. The zero-order chi connectivity index (χ0) is 27.9. The number of alkyl halides is 4. The van der Waals surface area contributed by atoms with E-state index in [0.29, 0.717) is 31.0 Å². The van der Waals surface area contributed by atoms with Gasteiger partial charge in [-0.15, -0.1) is 0 Å². The minimum Gasteiger partial charge on any atom is -0.491 e. The quantitative estimate of drug-likeness (QED) is 0.459. The molecule has 3 fully saturated rings. The molecular weight excluding hydrogens is 526 g/mol. The minimum atomic E-state index is -4.33. The van der Waals surface area contributed by atoms with Gasteiger partial charge in [-0.1, -0.05) is 6.08 Å². The summed E-state index contributed by atoms with van der Waals surface area (Å²) < 4.78 is 65.7. The highest BCUT2D eigenvalue weighted by molar-refractivity contribution is 5.50. The fraction of sp³-hybridized carbons (Fsp3) is 0.621. The summed E-state index contributed by atoms with van der Waals surface area (Å²) in [5, 5.41) is 2.02. The van der Waals surface area contributed by atoms with Crippen LogP contribution in [0.5, 0.6) is 5.75 Å². The number of allylic oxidation sites excluding steroid dienone is 3. The molecule has 4 aliphatic heterocycles. The normalized spacial score (nSPS) is 29.5. The van der Waals surface area contributed by atoms with Gasteiger partial charge in [-0.3, -0.25) is 29.6 Å². The molecule has 0 spiro atoms. The second-order valence-electron chi connectivity index (χ2n) is 11.5. The fourth-order valence-electron chi connectivity index (χ4n) is 6.59. The summed E-state index contributed by atoms with van der Waals surface area (Å²) in [4.78, 5) is 8.28. The number of nitrogens with one attached hydrogen (secondary N) is 1. The van der Waals surface area contributed by atoms with Gasteiger partial charge < -0.3 is 9.47 Å². The van der Waals surface area contributed by atoms with Crippen LogP contribution < -0.4 is 10.2 Å². The van der Waals surface area contributed by atoms with Crippen LogP contribution in [0.4, 0.5) is 17.6 Å². The van der Waals surface area contributed by atoms with E-state index in [1.165, 1.54) is 4.90 Å². The molecule has 1 aromatic heterocycles. The van der Waals surface area contributed by atoms with Crippen molar-refractivity contribution < 1.29 is 27.0 Å². The summed E-state index contributed by atoms with van der Waals surface area (Å²) in [5.41, 5.74) is 7.02. The lowest BCUT2D eigenvalue weighted by Gasteiger charge is -2.47. The van der Waals surface area contributed by atoms with Crippen molar-refractivity contribution in [1.29, 1.82) is 0 Å². The molecule has 40 heavy (non-hydrogen) atoms. The number of halogens is 4. The van der Waals surface area contributed by atoms with Crippen LogP contribution in [0.3, 0.4) is 0 Å². The third-order valence-electron chi connectivity index (χ3n) is 8.64. The van der Waals surface area contributed by atoms with Crippen molar-refractivity contribution in [2.45, 2.75) is 57.1 Å². The number of rotatable bonds is 8. The van der Waals surface area contributed by atoms with Gasteiger partial charge in [-0.25, -0.2) is 0 Å².